The first-order valence-corrected chi connectivity index (χ1v) is 11.2. The Morgan fingerprint density at radius 2 is 1.66 bits per heavy atom. The normalized spacial score (nSPS) is 19.6. The summed E-state index contributed by atoms with van der Waals surface area (Å²) in [6.07, 6.45) is 0. The third-order valence-electron chi connectivity index (χ3n) is 6.88. The molecule has 0 bridgehead atoms. The van der Waals surface area contributed by atoms with Gasteiger partial charge in [0.1, 0.15) is 5.75 Å². The van der Waals surface area contributed by atoms with E-state index in [0.29, 0.717) is 23.8 Å². The zero-order chi connectivity index (χ0) is 22.0. The zero-order valence-corrected chi connectivity index (χ0v) is 18.2. The molecule has 0 aliphatic carbocycles. The van der Waals surface area contributed by atoms with E-state index in [9.17, 15) is 9.90 Å². The van der Waals surface area contributed by atoms with Gasteiger partial charge in [0, 0.05) is 55.9 Å². The van der Waals surface area contributed by atoms with Gasteiger partial charge in [-0.3, -0.25) is 9.69 Å². The van der Waals surface area contributed by atoms with Gasteiger partial charge in [0.05, 0.1) is 0 Å². The predicted molar refractivity (Wildman–Crippen MR) is 127 cm³/mol. The molecule has 1 atom stereocenters. The standard InChI is InChI=1S/C27H29N3O2/c31-25-13-7-8-21(14-25)16-29-17-23(15-28-26(32)22-9-3-1-4-10-22)27(18-29)19-30(20-27)24-11-5-2-6-12-24/h1-14,23,31H,15-20H2,(H,28,32). The van der Waals surface area contributed by atoms with Gasteiger partial charge < -0.3 is 15.3 Å². The van der Waals surface area contributed by atoms with Gasteiger partial charge >= 0.3 is 0 Å². The van der Waals surface area contributed by atoms with Crippen molar-refractivity contribution in [2.45, 2.75) is 6.54 Å². The van der Waals surface area contributed by atoms with Crippen molar-refractivity contribution in [3.63, 3.8) is 0 Å². The summed E-state index contributed by atoms with van der Waals surface area (Å²) in [6, 6.07) is 27.5. The summed E-state index contributed by atoms with van der Waals surface area (Å²) in [7, 11) is 0. The van der Waals surface area contributed by atoms with E-state index in [2.05, 4.69) is 45.4 Å². The maximum Gasteiger partial charge on any atom is 0.251 e. The van der Waals surface area contributed by atoms with E-state index < -0.39 is 0 Å². The highest BCUT2D eigenvalue weighted by atomic mass is 16.3. The van der Waals surface area contributed by atoms with Crippen LogP contribution < -0.4 is 10.2 Å². The number of hydrogen-bond donors (Lipinski definition) is 2. The molecule has 5 rings (SSSR count). The highest BCUT2D eigenvalue weighted by Crippen LogP contribution is 2.45. The van der Waals surface area contributed by atoms with Gasteiger partial charge in [0.2, 0.25) is 0 Å². The molecule has 2 aliphatic heterocycles. The second-order valence-corrected chi connectivity index (χ2v) is 9.17. The molecule has 1 unspecified atom stereocenters. The fourth-order valence-corrected chi connectivity index (χ4v) is 5.26. The molecule has 5 nitrogen and oxygen atoms in total. The topological polar surface area (TPSA) is 55.8 Å². The van der Waals surface area contributed by atoms with E-state index in [1.807, 2.05) is 48.5 Å². The summed E-state index contributed by atoms with van der Waals surface area (Å²) in [4.78, 5) is 17.6. The first-order valence-electron chi connectivity index (χ1n) is 11.2. The molecular weight excluding hydrogens is 398 g/mol. The number of amides is 1. The van der Waals surface area contributed by atoms with Crippen LogP contribution in [-0.2, 0) is 6.54 Å². The number of hydrogen-bond acceptors (Lipinski definition) is 4. The Hall–Kier alpha value is -3.31. The van der Waals surface area contributed by atoms with Crippen LogP contribution in [0.15, 0.2) is 84.9 Å². The Kier molecular flexibility index (Phi) is 5.58. The largest absolute Gasteiger partial charge is 0.508 e. The molecule has 3 aromatic carbocycles. The maximum absolute atomic E-state index is 12.7. The Balaban J connectivity index is 1.29. The van der Waals surface area contributed by atoms with Gasteiger partial charge in [0.15, 0.2) is 0 Å². The lowest BCUT2D eigenvalue weighted by atomic mass is 9.71. The van der Waals surface area contributed by atoms with Crippen molar-refractivity contribution in [1.29, 1.82) is 0 Å². The number of phenols is 1. The molecule has 5 heteroatoms. The minimum absolute atomic E-state index is 0.00794. The molecule has 2 heterocycles. The molecule has 164 valence electrons. The maximum atomic E-state index is 12.7. The van der Waals surface area contributed by atoms with Crippen LogP contribution >= 0.6 is 0 Å². The molecule has 0 radical (unpaired) electrons. The first kappa shape index (κ1) is 20.6. The van der Waals surface area contributed by atoms with Crippen LogP contribution in [0.3, 0.4) is 0 Å². The third kappa shape index (κ3) is 4.21. The van der Waals surface area contributed by atoms with Crippen LogP contribution in [0.4, 0.5) is 5.69 Å². The van der Waals surface area contributed by atoms with Crippen LogP contribution in [0, 0.1) is 11.3 Å². The number of benzene rings is 3. The Morgan fingerprint density at radius 1 is 0.938 bits per heavy atom. The lowest BCUT2D eigenvalue weighted by molar-refractivity contribution is 0.0923. The van der Waals surface area contributed by atoms with Gasteiger partial charge in [-0.05, 0) is 47.9 Å². The summed E-state index contributed by atoms with van der Waals surface area (Å²) in [5.41, 5.74) is 3.25. The molecule has 2 aliphatic rings. The van der Waals surface area contributed by atoms with E-state index in [0.717, 1.165) is 38.3 Å². The SMILES string of the molecule is O=C(NCC1CN(Cc2cccc(O)c2)CC12CN(c1ccccc1)C2)c1ccccc1. The van der Waals surface area contributed by atoms with Gasteiger partial charge in [-0.25, -0.2) is 0 Å². The molecule has 0 aromatic heterocycles. The lowest BCUT2D eigenvalue weighted by Crippen LogP contribution is -2.62. The van der Waals surface area contributed by atoms with E-state index in [1.165, 1.54) is 5.69 Å². The van der Waals surface area contributed by atoms with E-state index in [-0.39, 0.29) is 11.3 Å². The molecule has 0 saturated carbocycles. The number of carbonyl (C=O) groups is 1. The number of nitrogens with one attached hydrogen (secondary N) is 1. The Labute approximate surface area is 189 Å². The van der Waals surface area contributed by atoms with Crippen molar-refractivity contribution in [3.8, 4) is 5.75 Å². The van der Waals surface area contributed by atoms with Gasteiger partial charge in [-0.15, -0.1) is 0 Å². The van der Waals surface area contributed by atoms with Crippen molar-refractivity contribution in [2.75, 3.05) is 37.6 Å². The molecular formula is C27H29N3O2. The van der Waals surface area contributed by atoms with Gasteiger partial charge in [0.25, 0.3) is 5.91 Å². The summed E-state index contributed by atoms with van der Waals surface area (Å²) < 4.78 is 0. The van der Waals surface area contributed by atoms with E-state index in [1.54, 1.807) is 6.07 Å². The van der Waals surface area contributed by atoms with Crippen molar-refractivity contribution < 1.29 is 9.90 Å². The number of carbonyl (C=O) groups excluding carboxylic acids is 1. The minimum atomic E-state index is -0.00794. The van der Waals surface area contributed by atoms with E-state index in [4.69, 9.17) is 0 Å². The quantitative estimate of drug-likeness (QED) is 0.629. The number of aromatic hydroxyl groups is 1. The number of nitrogens with zero attached hydrogens (tertiary/aromatic N) is 2. The van der Waals surface area contributed by atoms with Crippen molar-refractivity contribution in [3.05, 3.63) is 96.1 Å². The molecule has 3 aromatic rings. The number of anilines is 1. The molecule has 32 heavy (non-hydrogen) atoms. The predicted octanol–water partition coefficient (Wildman–Crippen LogP) is 3.76. The van der Waals surface area contributed by atoms with Gasteiger partial charge in [-0.2, -0.15) is 0 Å². The highest BCUT2D eigenvalue weighted by molar-refractivity contribution is 5.94. The molecule has 2 saturated heterocycles. The number of para-hydroxylation sites is 1. The van der Waals surface area contributed by atoms with Crippen LogP contribution in [0.2, 0.25) is 0 Å². The summed E-state index contributed by atoms with van der Waals surface area (Å²) in [5.74, 6) is 0.681. The Morgan fingerprint density at radius 3 is 2.38 bits per heavy atom. The van der Waals surface area contributed by atoms with Crippen LogP contribution in [0.25, 0.3) is 0 Å². The van der Waals surface area contributed by atoms with Gasteiger partial charge in [-0.1, -0.05) is 48.5 Å². The molecule has 2 N–H and O–H groups in total. The van der Waals surface area contributed by atoms with Crippen molar-refractivity contribution in [1.82, 2.24) is 10.2 Å². The fraction of sp³-hybridized carbons (Fsp3) is 0.296. The average Bonchev–Trinajstić information content (AvgIpc) is 3.16. The number of rotatable bonds is 6. The molecule has 1 spiro atoms. The molecule has 1 amide bonds. The second kappa shape index (κ2) is 8.67. The van der Waals surface area contributed by atoms with Crippen LogP contribution in [-0.4, -0.2) is 48.6 Å². The molecule has 2 fully saturated rings. The number of phenolic OH excluding ortho intramolecular Hbond substituents is 1. The second-order valence-electron chi connectivity index (χ2n) is 9.17. The van der Waals surface area contributed by atoms with Crippen LogP contribution in [0.5, 0.6) is 5.75 Å². The van der Waals surface area contributed by atoms with E-state index >= 15 is 0 Å². The number of likely N-dealkylation sites (tertiary alicyclic amines) is 1. The first-order chi connectivity index (χ1) is 15.6. The van der Waals surface area contributed by atoms with Crippen molar-refractivity contribution >= 4 is 11.6 Å². The lowest BCUT2D eigenvalue weighted by Gasteiger charge is -2.52. The summed E-state index contributed by atoms with van der Waals surface area (Å²) >= 11 is 0. The third-order valence-corrected chi connectivity index (χ3v) is 6.88. The average molecular weight is 428 g/mol. The summed E-state index contributed by atoms with van der Waals surface area (Å²) in [5, 5.41) is 13.0. The highest BCUT2D eigenvalue weighted by Gasteiger charge is 2.53. The zero-order valence-electron chi connectivity index (χ0n) is 18.2. The smallest absolute Gasteiger partial charge is 0.251 e. The minimum Gasteiger partial charge on any atom is -0.508 e. The fourth-order valence-electron chi connectivity index (χ4n) is 5.26. The van der Waals surface area contributed by atoms with Crippen molar-refractivity contribution in [2.24, 2.45) is 11.3 Å². The Bertz CT molecular complexity index is 1060. The van der Waals surface area contributed by atoms with Crippen LogP contribution in [0.1, 0.15) is 15.9 Å². The monoisotopic (exact) mass is 427 g/mol. The summed E-state index contributed by atoms with van der Waals surface area (Å²) in [6.45, 7) is 5.42.